The summed E-state index contributed by atoms with van der Waals surface area (Å²) >= 11 is 0. The highest BCUT2D eigenvalue weighted by molar-refractivity contribution is 5.33. The molecule has 124 valence electrons. The number of terminal acetylenes is 1. The first kappa shape index (κ1) is 15.5. The molecule has 0 amide bonds. The van der Waals surface area contributed by atoms with Crippen molar-refractivity contribution in [1.82, 2.24) is 0 Å². The van der Waals surface area contributed by atoms with Crippen LogP contribution in [-0.2, 0) is 0 Å². The van der Waals surface area contributed by atoms with Crippen LogP contribution in [0.4, 0.5) is 0 Å². The first-order valence-electron chi connectivity index (χ1n) is 9.47. The van der Waals surface area contributed by atoms with Crippen molar-refractivity contribution in [1.29, 1.82) is 0 Å². The van der Waals surface area contributed by atoms with E-state index in [9.17, 15) is 5.11 Å². The van der Waals surface area contributed by atoms with Gasteiger partial charge in [-0.25, -0.2) is 0 Å². The van der Waals surface area contributed by atoms with Gasteiger partial charge >= 0.3 is 0 Å². The summed E-state index contributed by atoms with van der Waals surface area (Å²) in [5, 5.41) is 11.0. The van der Waals surface area contributed by atoms with Gasteiger partial charge in [-0.2, -0.15) is 0 Å². The summed E-state index contributed by atoms with van der Waals surface area (Å²) in [7, 11) is 0. The summed E-state index contributed by atoms with van der Waals surface area (Å²) in [6.45, 7) is 8.96. The molecular weight excluding hydrogens is 280 g/mol. The minimum atomic E-state index is -0.877. The smallest absolute Gasteiger partial charge is 0.130 e. The molecule has 1 N–H and O–H groups in total. The Morgan fingerprint density at radius 3 is 2.78 bits per heavy atom. The van der Waals surface area contributed by atoms with E-state index in [4.69, 9.17) is 6.42 Å². The van der Waals surface area contributed by atoms with Gasteiger partial charge < -0.3 is 5.11 Å². The monoisotopic (exact) mass is 310 g/mol. The van der Waals surface area contributed by atoms with E-state index >= 15 is 0 Å². The molecule has 0 radical (unpaired) electrons. The lowest BCUT2D eigenvalue weighted by atomic mass is 9.50. The van der Waals surface area contributed by atoms with E-state index in [0.29, 0.717) is 5.92 Å². The Kier molecular flexibility index (Phi) is 3.37. The predicted molar refractivity (Wildman–Crippen MR) is 94.6 cm³/mol. The summed E-state index contributed by atoms with van der Waals surface area (Å²) < 4.78 is 0. The van der Waals surface area contributed by atoms with E-state index in [1.54, 1.807) is 11.1 Å². The third kappa shape index (κ3) is 1.97. The van der Waals surface area contributed by atoms with Gasteiger partial charge in [-0.1, -0.05) is 43.1 Å². The molecule has 0 aromatic heterocycles. The van der Waals surface area contributed by atoms with Crippen LogP contribution in [0.25, 0.3) is 0 Å². The van der Waals surface area contributed by atoms with Gasteiger partial charge in [-0.15, -0.1) is 6.42 Å². The van der Waals surface area contributed by atoms with Crippen molar-refractivity contribution in [2.24, 2.45) is 29.1 Å². The van der Waals surface area contributed by atoms with Crippen molar-refractivity contribution in [2.75, 3.05) is 0 Å². The SMILES string of the molecule is C#CC1(O)CCC2C3C(C)CC4=C(CCC(=C)C4)C3CCC21C. The maximum Gasteiger partial charge on any atom is 0.130 e. The first-order valence-corrected chi connectivity index (χ1v) is 9.47. The molecule has 0 aromatic rings. The summed E-state index contributed by atoms with van der Waals surface area (Å²) in [6, 6.07) is 0. The summed E-state index contributed by atoms with van der Waals surface area (Å²) in [5.41, 5.74) is 3.96. The molecule has 4 rings (SSSR count). The Hall–Kier alpha value is -1.00. The van der Waals surface area contributed by atoms with Crippen molar-refractivity contribution in [3.05, 3.63) is 23.3 Å². The number of hydrogen-bond acceptors (Lipinski definition) is 1. The number of rotatable bonds is 0. The molecule has 6 unspecified atom stereocenters. The minimum absolute atomic E-state index is 0.0759. The van der Waals surface area contributed by atoms with Crippen LogP contribution in [0.5, 0.6) is 0 Å². The van der Waals surface area contributed by atoms with E-state index < -0.39 is 5.60 Å². The zero-order valence-corrected chi connectivity index (χ0v) is 14.7. The van der Waals surface area contributed by atoms with Gasteiger partial charge in [-0.05, 0) is 75.0 Å². The number of hydrogen-bond donors (Lipinski definition) is 1. The Morgan fingerprint density at radius 2 is 2.04 bits per heavy atom. The number of allylic oxidation sites excluding steroid dienone is 3. The maximum atomic E-state index is 11.0. The molecule has 1 nitrogen and oxygen atoms in total. The molecular formula is C22H30O. The zero-order valence-electron chi connectivity index (χ0n) is 14.7. The second kappa shape index (κ2) is 5.00. The van der Waals surface area contributed by atoms with Crippen LogP contribution in [0.15, 0.2) is 23.3 Å². The molecule has 0 bridgehead atoms. The van der Waals surface area contributed by atoms with Crippen LogP contribution in [-0.4, -0.2) is 10.7 Å². The summed E-state index contributed by atoms with van der Waals surface area (Å²) in [4.78, 5) is 0. The Bertz CT molecular complexity index is 620. The molecule has 0 aliphatic heterocycles. The lowest BCUT2D eigenvalue weighted by Crippen LogP contribution is -2.52. The quantitative estimate of drug-likeness (QED) is 0.500. The average Bonchev–Trinajstić information content (AvgIpc) is 2.79. The predicted octanol–water partition coefficient (Wildman–Crippen LogP) is 4.87. The number of aliphatic hydroxyl groups is 1. The molecule has 0 heterocycles. The molecule has 4 aliphatic rings. The van der Waals surface area contributed by atoms with E-state index in [1.165, 1.54) is 31.3 Å². The van der Waals surface area contributed by atoms with Crippen LogP contribution in [0.3, 0.4) is 0 Å². The molecule has 0 spiro atoms. The van der Waals surface area contributed by atoms with Crippen molar-refractivity contribution in [2.45, 2.75) is 70.8 Å². The Morgan fingerprint density at radius 1 is 1.26 bits per heavy atom. The molecule has 1 heteroatoms. The van der Waals surface area contributed by atoms with Crippen LogP contribution in [0, 0.1) is 41.4 Å². The highest BCUT2D eigenvalue weighted by Gasteiger charge is 2.62. The van der Waals surface area contributed by atoms with E-state index in [0.717, 1.165) is 43.4 Å². The van der Waals surface area contributed by atoms with Crippen LogP contribution < -0.4 is 0 Å². The van der Waals surface area contributed by atoms with Gasteiger partial charge in [0.1, 0.15) is 5.60 Å². The Balaban J connectivity index is 1.72. The fourth-order valence-electron chi connectivity index (χ4n) is 6.82. The van der Waals surface area contributed by atoms with Gasteiger partial charge in [0.05, 0.1) is 0 Å². The van der Waals surface area contributed by atoms with Crippen LogP contribution >= 0.6 is 0 Å². The topological polar surface area (TPSA) is 20.2 Å². The average molecular weight is 310 g/mol. The van der Waals surface area contributed by atoms with E-state index in [-0.39, 0.29) is 5.41 Å². The van der Waals surface area contributed by atoms with E-state index in [2.05, 4.69) is 26.3 Å². The first-order chi connectivity index (χ1) is 10.9. The van der Waals surface area contributed by atoms with Crippen molar-refractivity contribution >= 4 is 0 Å². The molecule has 6 atom stereocenters. The second-order valence-corrected chi connectivity index (χ2v) is 9.03. The van der Waals surface area contributed by atoms with Crippen LogP contribution in [0.1, 0.15) is 65.2 Å². The van der Waals surface area contributed by atoms with Crippen LogP contribution in [0.2, 0.25) is 0 Å². The van der Waals surface area contributed by atoms with Gasteiger partial charge in [0.25, 0.3) is 0 Å². The fourth-order valence-corrected chi connectivity index (χ4v) is 6.82. The van der Waals surface area contributed by atoms with E-state index in [1.807, 2.05) is 0 Å². The molecule has 0 saturated heterocycles. The van der Waals surface area contributed by atoms with Gasteiger partial charge in [0.2, 0.25) is 0 Å². The molecule has 2 fully saturated rings. The molecule has 0 aromatic carbocycles. The number of fused-ring (bicyclic) bond motifs is 4. The zero-order chi connectivity index (χ0) is 16.4. The second-order valence-electron chi connectivity index (χ2n) is 9.03. The van der Waals surface area contributed by atoms with Gasteiger partial charge in [0.15, 0.2) is 0 Å². The summed E-state index contributed by atoms with van der Waals surface area (Å²) in [5.74, 6) is 5.57. The normalized spacial score (nSPS) is 49.2. The maximum absolute atomic E-state index is 11.0. The molecule has 4 aliphatic carbocycles. The Labute approximate surface area is 141 Å². The minimum Gasteiger partial charge on any atom is -0.377 e. The fraction of sp³-hybridized carbons (Fsp3) is 0.727. The lowest BCUT2D eigenvalue weighted by molar-refractivity contribution is -0.0805. The van der Waals surface area contributed by atoms with Crippen molar-refractivity contribution in [3.8, 4) is 12.3 Å². The third-order valence-electron chi connectivity index (χ3n) is 8.06. The highest BCUT2D eigenvalue weighted by Crippen LogP contribution is 2.65. The molecule has 23 heavy (non-hydrogen) atoms. The lowest BCUT2D eigenvalue weighted by Gasteiger charge is -2.55. The highest BCUT2D eigenvalue weighted by atomic mass is 16.3. The van der Waals surface area contributed by atoms with Gasteiger partial charge in [0, 0.05) is 5.41 Å². The largest absolute Gasteiger partial charge is 0.377 e. The van der Waals surface area contributed by atoms with Gasteiger partial charge in [-0.3, -0.25) is 0 Å². The van der Waals surface area contributed by atoms with Crippen molar-refractivity contribution < 1.29 is 5.11 Å². The standard InChI is InChI=1S/C22H30O/c1-5-22(23)11-9-19-20-15(3)13-16-12-14(2)6-7-17(16)18(20)8-10-21(19,22)4/h1,15,18-20,23H,2,6-13H2,3-4H3. The van der Waals surface area contributed by atoms with Crippen molar-refractivity contribution in [3.63, 3.8) is 0 Å². The summed E-state index contributed by atoms with van der Waals surface area (Å²) in [6.07, 6.45) is 14.8. The molecule has 2 saturated carbocycles. The third-order valence-corrected chi connectivity index (χ3v) is 8.06.